The number of pyridine rings is 1. The average Bonchev–Trinajstić information content (AvgIpc) is 2.46. The molecule has 0 spiro atoms. The van der Waals surface area contributed by atoms with Crippen LogP contribution in [-0.2, 0) is 6.18 Å². The summed E-state index contributed by atoms with van der Waals surface area (Å²) in [6.07, 6.45) is -4.55. The van der Waals surface area contributed by atoms with Crippen molar-refractivity contribution in [2.24, 2.45) is 0 Å². The first-order valence-electron chi connectivity index (χ1n) is 6.65. The van der Waals surface area contributed by atoms with Gasteiger partial charge >= 0.3 is 6.18 Å². The summed E-state index contributed by atoms with van der Waals surface area (Å²) in [6, 6.07) is 8.04. The van der Waals surface area contributed by atoms with Gasteiger partial charge < -0.3 is 5.32 Å². The van der Waals surface area contributed by atoms with Crippen LogP contribution in [0, 0.1) is 6.92 Å². The topological polar surface area (TPSA) is 59.1 Å². The molecule has 1 aromatic heterocycles. The number of hydrogen-bond acceptors (Lipinski definition) is 3. The first-order chi connectivity index (χ1) is 10.7. The fourth-order valence-corrected chi connectivity index (χ4v) is 1.95. The molecule has 2 rings (SSSR count). The Morgan fingerprint density at radius 1 is 1.04 bits per heavy atom. The zero-order chi connectivity index (χ0) is 17.2. The van der Waals surface area contributed by atoms with Crippen LogP contribution in [-0.4, -0.2) is 16.7 Å². The van der Waals surface area contributed by atoms with Crippen LogP contribution in [0.25, 0.3) is 0 Å². The molecular weight excluding hydrogens is 309 g/mol. The standard InChI is InChI=1S/C16H13F3N2O2/c1-9-13(7-8-14(20-9)16(17,18)19)15(23)21-12-5-3-11(4-6-12)10(2)22/h3-8H,1-2H3,(H,21,23). The lowest BCUT2D eigenvalue weighted by atomic mass is 10.1. The lowest BCUT2D eigenvalue weighted by Crippen LogP contribution is -2.16. The number of benzene rings is 1. The second kappa shape index (κ2) is 6.20. The fourth-order valence-electron chi connectivity index (χ4n) is 1.95. The minimum absolute atomic E-state index is 0.0160. The average molecular weight is 322 g/mol. The minimum Gasteiger partial charge on any atom is -0.322 e. The Morgan fingerprint density at radius 2 is 1.65 bits per heavy atom. The molecule has 1 amide bonds. The molecule has 0 atom stereocenters. The summed E-state index contributed by atoms with van der Waals surface area (Å²) < 4.78 is 37.7. The van der Waals surface area contributed by atoms with Crippen LogP contribution >= 0.6 is 0 Å². The Kier molecular flexibility index (Phi) is 4.49. The molecule has 4 nitrogen and oxygen atoms in total. The van der Waals surface area contributed by atoms with E-state index in [-0.39, 0.29) is 17.0 Å². The monoisotopic (exact) mass is 322 g/mol. The van der Waals surface area contributed by atoms with E-state index in [9.17, 15) is 22.8 Å². The van der Waals surface area contributed by atoms with Crippen LogP contribution in [0.2, 0.25) is 0 Å². The number of nitrogens with zero attached hydrogens (tertiary/aromatic N) is 1. The molecule has 1 heterocycles. The summed E-state index contributed by atoms with van der Waals surface area (Å²) in [5.41, 5.74) is -0.0849. The lowest BCUT2D eigenvalue weighted by molar-refractivity contribution is -0.141. The Hall–Kier alpha value is -2.70. The van der Waals surface area contributed by atoms with Gasteiger partial charge in [-0.1, -0.05) is 0 Å². The van der Waals surface area contributed by atoms with E-state index in [1.54, 1.807) is 24.3 Å². The summed E-state index contributed by atoms with van der Waals surface area (Å²) in [5, 5.41) is 2.55. The maximum atomic E-state index is 12.6. The summed E-state index contributed by atoms with van der Waals surface area (Å²) in [6.45, 7) is 2.76. The van der Waals surface area contributed by atoms with E-state index in [4.69, 9.17) is 0 Å². The number of aromatic nitrogens is 1. The number of aryl methyl sites for hydroxylation is 1. The molecule has 0 aliphatic carbocycles. The Morgan fingerprint density at radius 3 is 2.13 bits per heavy atom. The number of anilines is 1. The molecule has 0 aliphatic rings. The summed E-state index contributed by atoms with van der Waals surface area (Å²) in [7, 11) is 0. The van der Waals surface area contributed by atoms with Gasteiger partial charge in [-0.3, -0.25) is 9.59 Å². The SMILES string of the molecule is CC(=O)c1ccc(NC(=O)c2ccc(C(F)(F)F)nc2C)cc1. The molecule has 0 unspecified atom stereocenters. The molecule has 23 heavy (non-hydrogen) atoms. The molecule has 0 radical (unpaired) electrons. The van der Waals surface area contributed by atoms with E-state index in [0.717, 1.165) is 12.1 Å². The number of Topliss-reactive ketones (excluding diaryl/α,β-unsaturated/α-hetero) is 1. The number of halogens is 3. The number of carbonyl (C=O) groups is 2. The molecule has 120 valence electrons. The van der Waals surface area contributed by atoms with E-state index in [2.05, 4.69) is 10.3 Å². The van der Waals surface area contributed by atoms with Gasteiger partial charge in [-0.25, -0.2) is 4.98 Å². The van der Waals surface area contributed by atoms with Crippen LogP contribution in [0.1, 0.15) is 39.0 Å². The largest absolute Gasteiger partial charge is 0.433 e. The van der Waals surface area contributed by atoms with Crippen molar-refractivity contribution in [3.8, 4) is 0 Å². The van der Waals surface area contributed by atoms with Crippen LogP contribution in [0.15, 0.2) is 36.4 Å². The van der Waals surface area contributed by atoms with Gasteiger partial charge in [0.05, 0.1) is 11.3 Å². The molecule has 2 aromatic rings. The highest BCUT2D eigenvalue weighted by molar-refractivity contribution is 6.05. The van der Waals surface area contributed by atoms with Gasteiger partial charge in [0, 0.05) is 11.3 Å². The van der Waals surface area contributed by atoms with E-state index in [1.165, 1.54) is 13.8 Å². The Balaban J connectivity index is 2.19. The quantitative estimate of drug-likeness (QED) is 0.873. The van der Waals surface area contributed by atoms with Gasteiger partial charge in [0.2, 0.25) is 0 Å². The van der Waals surface area contributed by atoms with Crippen molar-refractivity contribution >= 4 is 17.4 Å². The highest BCUT2D eigenvalue weighted by atomic mass is 19.4. The van der Waals surface area contributed by atoms with Gasteiger partial charge in [-0.2, -0.15) is 13.2 Å². The normalized spacial score (nSPS) is 11.2. The van der Waals surface area contributed by atoms with Gasteiger partial charge in [-0.15, -0.1) is 0 Å². The molecule has 0 saturated carbocycles. The number of carbonyl (C=O) groups excluding carboxylic acids is 2. The van der Waals surface area contributed by atoms with Gasteiger partial charge in [0.1, 0.15) is 5.69 Å². The number of nitrogens with one attached hydrogen (secondary N) is 1. The number of amides is 1. The molecule has 1 aromatic carbocycles. The maximum Gasteiger partial charge on any atom is 0.433 e. The third kappa shape index (κ3) is 3.94. The maximum absolute atomic E-state index is 12.6. The Labute approximate surface area is 130 Å². The number of hydrogen-bond donors (Lipinski definition) is 1. The predicted octanol–water partition coefficient (Wildman–Crippen LogP) is 3.86. The molecule has 0 bridgehead atoms. The van der Waals surface area contributed by atoms with Gasteiger partial charge in [-0.05, 0) is 50.2 Å². The highest BCUT2D eigenvalue weighted by Crippen LogP contribution is 2.28. The minimum atomic E-state index is -4.55. The highest BCUT2D eigenvalue weighted by Gasteiger charge is 2.33. The van der Waals surface area contributed by atoms with Gasteiger partial charge in [0.15, 0.2) is 5.78 Å². The summed E-state index contributed by atoms with van der Waals surface area (Å²) in [4.78, 5) is 26.7. The zero-order valence-electron chi connectivity index (χ0n) is 12.4. The van der Waals surface area contributed by atoms with Crippen molar-refractivity contribution < 1.29 is 22.8 Å². The molecule has 7 heteroatoms. The van der Waals surface area contributed by atoms with Crippen molar-refractivity contribution in [2.45, 2.75) is 20.0 Å². The predicted molar refractivity (Wildman–Crippen MR) is 78.4 cm³/mol. The number of ketones is 1. The smallest absolute Gasteiger partial charge is 0.322 e. The van der Waals surface area contributed by atoms with E-state index < -0.39 is 17.8 Å². The number of alkyl halides is 3. The second-order valence-electron chi connectivity index (χ2n) is 4.91. The zero-order valence-corrected chi connectivity index (χ0v) is 12.4. The van der Waals surface area contributed by atoms with Crippen LogP contribution in [0.4, 0.5) is 18.9 Å². The van der Waals surface area contributed by atoms with Crippen molar-refractivity contribution in [2.75, 3.05) is 5.32 Å². The first-order valence-corrected chi connectivity index (χ1v) is 6.65. The lowest BCUT2D eigenvalue weighted by Gasteiger charge is -2.10. The second-order valence-corrected chi connectivity index (χ2v) is 4.91. The van der Waals surface area contributed by atoms with Gasteiger partial charge in [0.25, 0.3) is 5.91 Å². The summed E-state index contributed by atoms with van der Waals surface area (Å²) in [5.74, 6) is -0.676. The van der Waals surface area contributed by atoms with Crippen LogP contribution in [0.5, 0.6) is 0 Å². The molecule has 0 fully saturated rings. The molecule has 1 N–H and O–H groups in total. The van der Waals surface area contributed by atoms with Crippen LogP contribution < -0.4 is 5.32 Å². The van der Waals surface area contributed by atoms with Crippen molar-refractivity contribution in [1.29, 1.82) is 0 Å². The Bertz CT molecular complexity index is 753. The van der Waals surface area contributed by atoms with Crippen molar-refractivity contribution in [3.63, 3.8) is 0 Å². The van der Waals surface area contributed by atoms with E-state index >= 15 is 0 Å². The van der Waals surface area contributed by atoms with E-state index in [0.29, 0.717) is 11.3 Å². The van der Waals surface area contributed by atoms with Crippen molar-refractivity contribution in [3.05, 3.63) is 58.9 Å². The molecule has 0 saturated heterocycles. The molecule has 0 aliphatic heterocycles. The van der Waals surface area contributed by atoms with Crippen molar-refractivity contribution in [1.82, 2.24) is 4.98 Å². The van der Waals surface area contributed by atoms with Crippen LogP contribution in [0.3, 0.4) is 0 Å². The third-order valence-corrected chi connectivity index (χ3v) is 3.17. The van der Waals surface area contributed by atoms with E-state index in [1.807, 2.05) is 0 Å². The summed E-state index contributed by atoms with van der Waals surface area (Å²) >= 11 is 0. The third-order valence-electron chi connectivity index (χ3n) is 3.17. The number of rotatable bonds is 3. The molecular formula is C16H13F3N2O2. The fraction of sp³-hybridized carbons (Fsp3) is 0.188. The first kappa shape index (κ1) is 16.7.